The zero-order chi connectivity index (χ0) is 27.5. The Labute approximate surface area is 217 Å². The van der Waals surface area contributed by atoms with Crippen molar-refractivity contribution in [1.82, 2.24) is 25.9 Å². The summed E-state index contributed by atoms with van der Waals surface area (Å²) in [5.74, 6) is -3.17. The van der Waals surface area contributed by atoms with Gasteiger partial charge in [-0.2, -0.15) is 0 Å². The first-order valence-corrected chi connectivity index (χ1v) is 12.4. The summed E-state index contributed by atoms with van der Waals surface area (Å²) < 4.78 is 0. The van der Waals surface area contributed by atoms with Crippen molar-refractivity contribution in [3.8, 4) is 0 Å². The number of aliphatic carboxylic acids is 1. The number of hydrogen-bond donors (Lipinski definition) is 6. The highest BCUT2D eigenvalue weighted by molar-refractivity contribution is 5.94. The largest absolute Gasteiger partial charge is 0.480 e. The van der Waals surface area contributed by atoms with Crippen molar-refractivity contribution >= 4 is 23.7 Å². The number of rotatable bonds is 14. The first kappa shape index (κ1) is 29.5. The molecule has 0 bridgehead atoms. The van der Waals surface area contributed by atoms with E-state index in [0.29, 0.717) is 5.69 Å². The molecule has 0 spiro atoms. The van der Waals surface area contributed by atoms with Gasteiger partial charge >= 0.3 is 5.97 Å². The Morgan fingerprint density at radius 1 is 0.919 bits per heavy atom. The Balaban J connectivity index is 2.15. The zero-order valence-electron chi connectivity index (χ0n) is 21.7. The maximum Gasteiger partial charge on any atom is 0.326 e. The first-order chi connectivity index (χ1) is 17.5. The summed E-state index contributed by atoms with van der Waals surface area (Å²) in [5.41, 5.74) is 7.59. The van der Waals surface area contributed by atoms with Crippen LogP contribution in [0.4, 0.5) is 0 Å². The molecule has 0 aliphatic heterocycles. The van der Waals surface area contributed by atoms with Crippen molar-refractivity contribution in [2.24, 2.45) is 17.6 Å². The molecule has 7 N–H and O–H groups in total. The van der Waals surface area contributed by atoms with E-state index < -0.39 is 47.9 Å². The van der Waals surface area contributed by atoms with E-state index in [0.717, 1.165) is 5.56 Å². The van der Waals surface area contributed by atoms with Crippen LogP contribution in [-0.4, -0.2) is 62.9 Å². The molecular formula is C26H38N6O5. The number of aromatic nitrogens is 2. The Morgan fingerprint density at radius 2 is 1.57 bits per heavy atom. The van der Waals surface area contributed by atoms with Crippen molar-refractivity contribution in [2.45, 2.75) is 71.1 Å². The molecule has 4 unspecified atom stereocenters. The number of nitrogens with one attached hydrogen (secondary N) is 4. The monoisotopic (exact) mass is 514 g/mol. The summed E-state index contributed by atoms with van der Waals surface area (Å²) in [4.78, 5) is 57.6. The molecule has 11 heteroatoms. The molecule has 0 saturated carbocycles. The van der Waals surface area contributed by atoms with Crippen molar-refractivity contribution in [2.75, 3.05) is 0 Å². The van der Waals surface area contributed by atoms with Gasteiger partial charge in [-0.1, -0.05) is 58.0 Å². The fourth-order valence-electron chi connectivity index (χ4n) is 3.81. The highest BCUT2D eigenvalue weighted by atomic mass is 16.4. The van der Waals surface area contributed by atoms with Gasteiger partial charge in [-0.15, -0.1) is 0 Å². The Morgan fingerprint density at radius 3 is 2.11 bits per heavy atom. The van der Waals surface area contributed by atoms with Gasteiger partial charge < -0.3 is 31.8 Å². The standard InChI is InChI=1S/C26H38N6O5/c1-15(2)10-21(26(36)37)31-25(35)22(16(3)4)32-24(34)20(12-18-13-28-14-29-18)30-23(33)19(27)11-17-8-6-5-7-9-17/h5-9,13-16,19-22H,10-12,27H2,1-4H3,(H,28,29)(H,30,33)(H,31,35)(H,32,34)(H,36,37). The summed E-state index contributed by atoms with van der Waals surface area (Å²) >= 11 is 0. The van der Waals surface area contributed by atoms with Gasteiger partial charge in [0, 0.05) is 18.3 Å². The second-order valence-corrected chi connectivity index (χ2v) is 9.90. The molecular weight excluding hydrogens is 476 g/mol. The molecule has 2 aromatic rings. The number of benzene rings is 1. The molecule has 1 heterocycles. The van der Waals surface area contributed by atoms with Crippen molar-refractivity contribution < 1.29 is 24.3 Å². The lowest BCUT2D eigenvalue weighted by Gasteiger charge is -2.27. The predicted molar refractivity (Wildman–Crippen MR) is 138 cm³/mol. The van der Waals surface area contributed by atoms with Gasteiger partial charge in [-0.05, 0) is 30.2 Å². The van der Waals surface area contributed by atoms with Crippen LogP contribution in [0.25, 0.3) is 0 Å². The summed E-state index contributed by atoms with van der Waals surface area (Å²) in [6.07, 6.45) is 3.62. The normalized spacial score (nSPS) is 14.5. The summed E-state index contributed by atoms with van der Waals surface area (Å²) in [6, 6.07) is 5.24. The Hall–Kier alpha value is -3.73. The number of H-pyrrole nitrogens is 1. The van der Waals surface area contributed by atoms with Crippen molar-refractivity contribution in [1.29, 1.82) is 0 Å². The average Bonchev–Trinajstić information content (AvgIpc) is 3.34. The van der Waals surface area contributed by atoms with E-state index in [-0.39, 0.29) is 31.1 Å². The van der Waals surface area contributed by atoms with Crippen molar-refractivity contribution in [3.63, 3.8) is 0 Å². The SMILES string of the molecule is CC(C)CC(NC(=O)C(NC(=O)C(Cc1cnc[nH]1)NC(=O)C(N)Cc1ccccc1)C(C)C)C(=O)O. The molecule has 3 amide bonds. The van der Waals surface area contributed by atoms with Crippen LogP contribution in [0.5, 0.6) is 0 Å². The van der Waals surface area contributed by atoms with Crippen LogP contribution in [-0.2, 0) is 32.0 Å². The van der Waals surface area contributed by atoms with E-state index in [1.165, 1.54) is 12.5 Å². The zero-order valence-corrected chi connectivity index (χ0v) is 21.7. The van der Waals surface area contributed by atoms with Crippen LogP contribution in [0.1, 0.15) is 45.4 Å². The molecule has 11 nitrogen and oxygen atoms in total. The predicted octanol–water partition coefficient (Wildman–Crippen LogP) is 0.763. The van der Waals surface area contributed by atoms with E-state index in [1.807, 2.05) is 44.2 Å². The fraction of sp³-hybridized carbons (Fsp3) is 0.500. The van der Waals surface area contributed by atoms with Crippen LogP contribution in [0.2, 0.25) is 0 Å². The second-order valence-electron chi connectivity index (χ2n) is 9.90. The van der Waals surface area contributed by atoms with Gasteiger partial charge in [0.05, 0.1) is 12.4 Å². The Bertz CT molecular complexity index is 1030. The smallest absolute Gasteiger partial charge is 0.326 e. The molecule has 0 aliphatic carbocycles. The maximum atomic E-state index is 13.3. The highest BCUT2D eigenvalue weighted by Gasteiger charge is 2.32. The molecule has 2 rings (SSSR count). The molecule has 37 heavy (non-hydrogen) atoms. The van der Waals surface area contributed by atoms with Crippen molar-refractivity contribution in [3.05, 3.63) is 54.1 Å². The molecule has 1 aromatic carbocycles. The number of carbonyl (C=O) groups is 4. The van der Waals surface area contributed by atoms with Gasteiger partial charge in [0.2, 0.25) is 17.7 Å². The molecule has 4 atom stereocenters. The number of carboxylic acid groups (broad SMARTS) is 1. The van der Waals surface area contributed by atoms with Crippen LogP contribution >= 0.6 is 0 Å². The van der Waals surface area contributed by atoms with Crippen LogP contribution in [0.15, 0.2) is 42.9 Å². The number of carbonyl (C=O) groups excluding carboxylic acids is 3. The number of aromatic amines is 1. The van der Waals surface area contributed by atoms with E-state index >= 15 is 0 Å². The molecule has 202 valence electrons. The second kappa shape index (κ2) is 14.1. The fourth-order valence-corrected chi connectivity index (χ4v) is 3.81. The molecule has 0 fully saturated rings. The summed E-state index contributed by atoms with van der Waals surface area (Å²) in [5, 5.41) is 17.4. The molecule has 0 radical (unpaired) electrons. The topological polar surface area (TPSA) is 179 Å². The lowest BCUT2D eigenvalue weighted by Crippen LogP contribution is -2.59. The lowest BCUT2D eigenvalue weighted by molar-refractivity contribution is -0.143. The molecule has 0 saturated heterocycles. The van der Waals surface area contributed by atoms with E-state index in [9.17, 15) is 24.3 Å². The van der Waals surface area contributed by atoms with Gasteiger partial charge in [0.1, 0.15) is 18.1 Å². The van der Waals surface area contributed by atoms with Gasteiger partial charge in [0.15, 0.2) is 0 Å². The van der Waals surface area contributed by atoms with Gasteiger partial charge in [-0.3, -0.25) is 14.4 Å². The lowest BCUT2D eigenvalue weighted by atomic mass is 9.99. The third-order valence-corrected chi connectivity index (χ3v) is 5.82. The maximum absolute atomic E-state index is 13.3. The minimum Gasteiger partial charge on any atom is -0.480 e. The van der Waals surface area contributed by atoms with E-state index in [2.05, 4.69) is 25.9 Å². The first-order valence-electron chi connectivity index (χ1n) is 12.4. The summed E-state index contributed by atoms with van der Waals surface area (Å²) in [7, 11) is 0. The highest BCUT2D eigenvalue weighted by Crippen LogP contribution is 2.09. The minimum atomic E-state index is -1.15. The number of nitrogens with zero attached hydrogens (tertiary/aromatic N) is 1. The number of hydrogen-bond acceptors (Lipinski definition) is 6. The Kier molecular flexibility index (Phi) is 11.3. The molecule has 1 aromatic heterocycles. The minimum absolute atomic E-state index is 0.0441. The van der Waals surface area contributed by atoms with Crippen LogP contribution in [0.3, 0.4) is 0 Å². The quantitative estimate of drug-likeness (QED) is 0.215. The van der Waals surface area contributed by atoms with E-state index in [1.54, 1.807) is 13.8 Å². The average molecular weight is 515 g/mol. The van der Waals surface area contributed by atoms with E-state index in [4.69, 9.17) is 5.73 Å². The third-order valence-electron chi connectivity index (χ3n) is 5.82. The third kappa shape index (κ3) is 9.68. The number of imidazole rings is 1. The van der Waals surface area contributed by atoms with Crippen LogP contribution < -0.4 is 21.7 Å². The van der Waals surface area contributed by atoms with Gasteiger partial charge in [0.25, 0.3) is 0 Å². The summed E-state index contributed by atoms with van der Waals surface area (Å²) in [6.45, 7) is 7.19. The number of amides is 3. The molecule has 0 aliphatic rings. The van der Waals surface area contributed by atoms with Gasteiger partial charge in [-0.25, -0.2) is 9.78 Å². The number of carboxylic acids is 1. The van der Waals surface area contributed by atoms with Crippen LogP contribution in [0, 0.1) is 11.8 Å². The number of nitrogens with two attached hydrogens (primary N) is 1.